The van der Waals surface area contributed by atoms with E-state index in [9.17, 15) is 14.0 Å². The zero-order chi connectivity index (χ0) is 15.9. The van der Waals surface area contributed by atoms with Crippen LogP contribution in [0, 0.1) is 23.0 Å². The highest BCUT2D eigenvalue weighted by molar-refractivity contribution is 9.10. The molecule has 0 aliphatic carbocycles. The molecule has 0 spiro atoms. The molecule has 0 aromatic heterocycles. The monoisotopic (exact) mass is 361 g/mol. The Balaban J connectivity index is 2.37. The van der Waals surface area contributed by atoms with Crippen molar-refractivity contribution in [1.29, 1.82) is 5.26 Å². The molecule has 0 atom stereocenters. The number of nitriles is 1. The molecule has 1 aliphatic rings. The molecule has 3 rings (SSSR count). The van der Waals surface area contributed by atoms with Crippen molar-refractivity contribution >= 4 is 21.5 Å². The number of rotatable bonds is 0. The zero-order valence-corrected chi connectivity index (χ0v) is 13.2. The van der Waals surface area contributed by atoms with Crippen LogP contribution in [0.1, 0.15) is 23.6 Å². The van der Waals surface area contributed by atoms with Crippen molar-refractivity contribution in [3.8, 4) is 11.8 Å². The molecule has 2 nitrogen and oxygen atoms in total. The van der Waals surface area contributed by atoms with Crippen molar-refractivity contribution in [2.24, 2.45) is 0 Å². The highest BCUT2D eigenvalue weighted by atomic mass is 79.9. The van der Waals surface area contributed by atoms with Gasteiger partial charge in [0, 0.05) is 27.2 Å². The normalized spacial score (nSPS) is 15.0. The van der Waals surface area contributed by atoms with E-state index in [1.165, 1.54) is 0 Å². The van der Waals surface area contributed by atoms with Crippen molar-refractivity contribution in [3.05, 3.63) is 68.7 Å². The number of hydrogen-bond donors (Lipinski definition) is 0. The Morgan fingerprint density at radius 3 is 2.64 bits per heavy atom. The number of nitrogens with zero attached hydrogens (tertiary/aromatic N) is 1. The summed E-state index contributed by atoms with van der Waals surface area (Å²) in [5.74, 6) is -1.71. The van der Waals surface area contributed by atoms with Gasteiger partial charge in [-0.2, -0.15) is 5.26 Å². The molecule has 0 amide bonds. The summed E-state index contributed by atoms with van der Waals surface area (Å²) < 4.78 is 33.7. The Hall–Kier alpha value is -2.19. The van der Waals surface area contributed by atoms with Crippen molar-refractivity contribution in [2.75, 3.05) is 0 Å². The van der Waals surface area contributed by atoms with Crippen LogP contribution in [0.2, 0.25) is 0 Å². The summed E-state index contributed by atoms with van der Waals surface area (Å²) in [4.78, 5) is 0. The van der Waals surface area contributed by atoms with Gasteiger partial charge in [0.25, 0.3) is 0 Å². The van der Waals surface area contributed by atoms with E-state index in [0.29, 0.717) is 16.7 Å². The van der Waals surface area contributed by atoms with E-state index in [2.05, 4.69) is 22.0 Å². The van der Waals surface area contributed by atoms with Gasteiger partial charge in [0.1, 0.15) is 12.4 Å². The number of hydrogen-bond acceptors (Lipinski definition) is 2. The van der Waals surface area contributed by atoms with Crippen LogP contribution in [0.25, 0.3) is 5.57 Å². The molecule has 110 valence electrons. The Bertz CT molecular complexity index is 852. The fourth-order valence-corrected chi connectivity index (χ4v) is 2.94. The molecule has 0 unspecified atom stereocenters. The van der Waals surface area contributed by atoms with Crippen LogP contribution in [-0.4, -0.2) is 0 Å². The summed E-state index contributed by atoms with van der Waals surface area (Å²) in [7, 11) is 0. The number of ether oxygens (including phenoxy) is 1. The topological polar surface area (TPSA) is 33.0 Å². The van der Waals surface area contributed by atoms with Gasteiger partial charge in [0.15, 0.2) is 11.6 Å². The maximum Gasteiger partial charge on any atom is 0.162 e. The minimum Gasteiger partial charge on any atom is -0.488 e. The molecule has 5 heteroatoms. The smallest absolute Gasteiger partial charge is 0.162 e. The van der Waals surface area contributed by atoms with Crippen molar-refractivity contribution in [3.63, 3.8) is 0 Å². The van der Waals surface area contributed by atoms with Gasteiger partial charge in [0.2, 0.25) is 0 Å². The van der Waals surface area contributed by atoms with E-state index >= 15 is 0 Å². The minimum atomic E-state index is -0.972. The van der Waals surface area contributed by atoms with Crippen molar-refractivity contribution in [2.45, 2.75) is 13.5 Å². The lowest BCUT2D eigenvalue weighted by Crippen LogP contribution is -1.96. The molecule has 0 bridgehead atoms. The third kappa shape index (κ3) is 2.40. The van der Waals surface area contributed by atoms with Gasteiger partial charge < -0.3 is 4.74 Å². The molecule has 0 N–H and O–H groups in total. The second-order valence-electron chi connectivity index (χ2n) is 4.96. The fraction of sp³-hybridized carbons (Fsp3) is 0.118. The number of halogens is 3. The average molecular weight is 362 g/mol. The lowest BCUT2D eigenvalue weighted by atomic mass is 9.91. The summed E-state index contributed by atoms with van der Waals surface area (Å²) in [6.45, 7) is 1.87. The minimum absolute atomic E-state index is 0.217. The fourth-order valence-electron chi connectivity index (χ4n) is 2.53. The Morgan fingerprint density at radius 2 is 1.91 bits per heavy atom. The van der Waals surface area contributed by atoms with E-state index < -0.39 is 11.6 Å². The molecule has 0 saturated carbocycles. The maximum atomic E-state index is 13.7. The molecular formula is C17H10BrF2NO. The Morgan fingerprint density at radius 1 is 1.18 bits per heavy atom. The van der Waals surface area contributed by atoms with E-state index in [-0.39, 0.29) is 12.4 Å². The molecule has 2 aromatic carbocycles. The van der Waals surface area contributed by atoms with Gasteiger partial charge in [-0.25, -0.2) is 8.78 Å². The number of allylic oxidation sites excluding steroid dienone is 1. The third-order valence-electron chi connectivity index (χ3n) is 3.55. The van der Waals surface area contributed by atoms with Crippen LogP contribution in [0.5, 0.6) is 5.75 Å². The Kier molecular flexibility index (Phi) is 3.71. The van der Waals surface area contributed by atoms with Gasteiger partial charge >= 0.3 is 0 Å². The van der Waals surface area contributed by atoms with Crippen LogP contribution < -0.4 is 4.74 Å². The standard InChI is InChI=1S/C17H10BrF2NO/c1-9(7-21)17-12-3-2-11(18)4-10(12)8-22-16-6-15(20)14(19)5-13(16)17/h2-6H,8H2,1H3/b17-9-. The van der Waals surface area contributed by atoms with Gasteiger partial charge in [0.05, 0.1) is 6.07 Å². The molecule has 0 fully saturated rings. The summed E-state index contributed by atoms with van der Waals surface area (Å²) in [6.07, 6.45) is 0. The summed E-state index contributed by atoms with van der Waals surface area (Å²) in [5, 5.41) is 9.28. The lowest BCUT2D eigenvalue weighted by molar-refractivity contribution is 0.304. The molecular weight excluding hydrogens is 352 g/mol. The van der Waals surface area contributed by atoms with E-state index in [1.807, 2.05) is 18.2 Å². The summed E-state index contributed by atoms with van der Waals surface area (Å²) >= 11 is 3.39. The molecule has 1 heterocycles. The molecule has 22 heavy (non-hydrogen) atoms. The molecule has 1 aliphatic heterocycles. The number of fused-ring (bicyclic) bond motifs is 2. The first-order chi connectivity index (χ1) is 10.5. The van der Waals surface area contributed by atoms with Crippen molar-refractivity contribution in [1.82, 2.24) is 0 Å². The number of benzene rings is 2. The van der Waals surface area contributed by atoms with Crippen LogP contribution in [-0.2, 0) is 6.61 Å². The second-order valence-corrected chi connectivity index (χ2v) is 5.88. The molecule has 0 radical (unpaired) electrons. The first kappa shape index (κ1) is 14.7. The predicted octanol–water partition coefficient (Wildman–Crippen LogP) is 4.97. The van der Waals surface area contributed by atoms with Gasteiger partial charge in [-0.05, 0) is 36.2 Å². The second kappa shape index (κ2) is 5.54. The maximum absolute atomic E-state index is 13.7. The van der Waals surface area contributed by atoms with Gasteiger partial charge in [-0.1, -0.05) is 22.0 Å². The average Bonchev–Trinajstić information content (AvgIpc) is 2.64. The zero-order valence-electron chi connectivity index (χ0n) is 11.6. The SMILES string of the molecule is C/C(C#N)=C1\c2ccc(Br)cc2COc2cc(F)c(F)cc21. The predicted molar refractivity (Wildman–Crippen MR) is 82.1 cm³/mol. The first-order valence-electron chi connectivity index (χ1n) is 6.53. The summed E-state index contributed by atoms with van der Waals surface area (Å²) in [5.41, 5.74) is 3.00. The van der Waals surface area contributed by atoms with E-state index in [1.54, 1.807) is 6.92 Å². The third-order valence-corrected chi connectivity index (χ3v) is 4.05. The summed E-state index contributed by atoms with van der Waals surface area (Å²) in [6, 6.07) is 9.75. The van der Waals surface area contributed by atoms with Crippen LogP contribution in [0.4, 0.5) is 8.78 Å². The Labute approximate surface area is 134 Å². The lowest BCUT2D eigenvalue weighted by Gasteiger charge is -2.12. The van der Waals surface area contributed by atoms with Crippen LogP contribution in [0.15, 0.2) is 40.4 Å². The van der Waals surface area contributed by atoms with Crippen LogP contribution >= 0.6 is 15.9 Å². The van der Waals surface area contributed by atoms with E-state index in [0.717, 1.165) is 27.7 Å². The quantitative estimate of drug-likeness (QED) is 0.621. The highest BCUT2D eigenvalue weighted by Gasteiger charge is 2.23. The molecule has 0 saturated heterocycles. The van der Waals surface area contributed by atoms with Crippen molar-refractivity contribution < 1.29 is 13.5 Å². The molecule has 2 aromatic rings. The van der Waals surface area contributed by atoms with Gasteiger partial charge in [-0.3, -0.25) is 0 Å². The highest BCUT2D eigenvalue weighted by Crippen LogP contribution is 2.40. The van der Waals surface area contributed by atoms with Crippen LogP contribution in [0.3, 0.4) is 0 Å². The largest absolute Gasteiger partial charge is 0.488 e. The first-order valence-corrected chi connectivity index (χ1v) is 7.32. The van der Waals surface area contributed by atoms with E-state index in [4.69, 9.17) is 4.74 Å². The van der Waals surface area contributed by atoms with Gasteiger partial charge in [-0.15, -0.1) is 0 Å².